The summed E-state index contributed by atoms with van der Waals surface area (Å²) in [5, 5.41) is 0. The molecule has 4 rings (SSSR count). The van der Waals surface area contributed by atoms with Gasteiger partial charge in [-0.25, -0.2) is 29.3 Å². The predicted octanol–water partition coefficient (Wildman–Crippen LogP) is 5.80. The van der Waals surface area contributed by atoms with Crippen LogP contribution >= 0.6 is 47.8 Å². The molecule has 260 valence electrons. The van der Waals surface area contributed by atoms with E-state index in [1.807, 2.05) is 31.2 Å². The van der Waals surface area contributed by atoms with Crippen molar-refractivity contribution in [3.8, 4) is 0 Å². The van der Waals surface area contributed by atoms with Crippen molar-refractivity contribution in [2.75, 3.05) is 59.1 Å². The number of rotatable bonds is 14. The summed E-state index contributed by atoms with van der Waals surface area (Å²) in [6.07, 6.45) is 0. The van der Waals surface area contributed by atoms with Gasteiger partial charge in [-0.15, -0.1) is 0 Å². The minimum absolute atomic E-state index is 0.253. The summed E-state index contributed by atoms with van der Waals surface area (Å²) in [4.78, 5) is 56.4. The Morgan fingerprint density at radius 2 is 0.938 bits per heavy atom. The first-order chi connectivity index (χ1) is 23.1. The van der Waals surface area contributed by atoms with Crippen LogP contribution in [0, 0.1) is 0 Å². The van der Waals surface area contributed by atoms with Crippen molar-refractivity contribution < 1.29 is 28.8 Å². The number of halogens is 3. The molecule has 0 aliphatic carbocycles. The van der Waals surface area contributed by atoms with Gasteiger partial charge in [-0.3, -0.25) is 19.7 Å². The lowest BCUT2D eigenvalue weighted by Crippen LogP contribution is -2.36. The third-order valence-electron chi connectivity index (χ3n) is 7.31. The summed E-state index contributed by atoms with van der Waals surface area (Å²) in [5.74, 6) is -0.892. The first-order valence-corrected chi connectivity index (χ1v) is 18.3. The van der Waals surface area contributed by atoms with Crippen molar-refractivity contribution in [1.82, 2.24) is 29.7 Å². The van der Waals surface area contributed by atoms with Gasteiger partial charge in [0.15, 0.2) is 0 Å². The number of carbonyl (C=O) groups is 2. The largest absolute Gasteiger partial charge is 0.461 e. The highest BCUT2D eigenvalue weighted by Crippen LogP contribution is 2.19. The molecule has 3 aromatic rings. The quantitative estimate of drug-likeness (QED) is 0.0845. The maximum atomic E-state index is 12.5. The van der Waals surface area contributed by atoms with Gasteiger partial charge in [-0.05, 0) is 57.2 Å². The Bertz CT molecular complexity index is 1450. The second-order valence-corrected chi connectivity index (χ2v) is 13.8. The van der Waals surface area contributed by atoms with Crippen LogP contribution < -0.4 is 0 Å². The van der Waals surface area contributed by atoms with Crippen molar-refractivity contribution in [2.45, 2.75) is 47.0 Å². The summed E-state index contributed by atoms with van der Waals surface area (Å²) in [6, 6.07) is 11.2. The first-order valence-electron chi connectivity index (χ1n) is 15.9. The predicted molar refractivity (Wildman–Crippen MR) is 190 cm³/mol. The van der Waals surface area contributed by atoms with E-state index >= 15 is 0 Å². The van der Waals surface area contributed by atoms with E-state index in [1.54, 1.807) is 26.0 Å². The summed E-state index contributed by atoms with van der Waals surface area (Å²) in [6.45, 7) is 13.0. The topological polar surface area (TPSA) is 119 Å². The van der Waals surface area contributed by atoms with Crippen LogP contribution in [0.3, 0.4) is 0 Å². The maximum Gasteiger partial charge on any atom is 0.356 e. The second kappa shape index (κ2) is 19.7. The van der Waals surface area contributed by atoms with Crippen LogP contribution in [0.2, 0.25) is 0 Å². The van der Waals surface area contributed by atoms with Crippen LogP contribution in [-0.2, 0) is 45.5 Å². The van der Waals surface area contributed by atoms with E-state index in [0.29, 0.717) is 26.2 Å². The van der Waals surface area contributed by atoms with E-state index in [2.05, 4.69) is 72.5 Å². The maximum absolute atomic E-state index is 12.5. The smallest absolute Gasteiger partial charge is 0.356 e. The average molecular weight is 857 g/mol. The highest BCUT2D eigenvalue weighted by Gasteiger charge is 2.21. The normalized spacial score (nSPS) is 15.0. The number of carbonyl (C=O) groups excluding carboxylic acids is 2. The molecule has 0 bridgehead atoms. The zero-order chi connectivity index (χ0) is 34.5. The molecule has 0 aromatic carbocycles. The summed E-state index contributed by atoms with van der Waals surface area (Å²) < 4.78 is 12.9. The van der Waals surface area contributed by atoms with Gasteiger partial charge in [0, 0.05) is 72.3 Å². The minimum atomic E-state index is -0.446. The van der Waals surface area contributed by atoms with Crippen molar-refractivity contribution in [3.63, 3.8) is 0 Å². The van der Waals surface area contributed by atoms with E-state index < -0.39 is 11.9 Å². The Morgan fingerprint density at radius 3 is 1.33 bits per heavy atom. The summed E-state index contributed by atoms with van der Waals surface area (Å²) in [5.41, 5.74) is 3.78. The lowest BCUT2D eigenvalue weighted by molar-refractivity contribution is -0.301. The van der Waals surface area contributed by atoms with Gasteiger partial charge in [-0.1, -0.05) is 47.8 Å². The molecule has 0 atom stereocenters. The molecular weight excluding hydrogens is 816 g/mol. The minimum Gasteiger partial charge on any atom is -0.461 e. The molecule has 0 spiro atoms. The molecule has 1 aliphatic rings. The lowest BCUT2D eigenvalue weighted by Gasteiger charge is -2.25. The molecule has 0 radical (unpaired) electrons. The van der Waals surface area contributed by atoms with E-state index in [9.17, 15) is 9.59 Å². The molecular formula is C33H41Br3N6O6. The standard InChI is InChI=1S/C33H41Br3N6O6/c1-4-45-32(43)30-17-24(35)14-27(38-30)20-41-9-7-40(19-26-13-23(34)16-29(37-26)22-48-47-6-3)8-10-42(12-11-41)21-28-15-25(36)18-31(39-28)33(44)46-5-2/h13-18H,4-12,19-22H2,1-3H3. The molecule has 1 aliphatic heterocycles. The van der Waals surface area contributed by atoms with Crippen LogP contribution in [0.1, 0.15) is 64.5 Å². The molecule has 0 N–H and O–H groups in total. The third-order valence-corrected chi connectivity index (χ3v) is 8.69. The molecule has 1 saturated heterocycles. The Hall–Kier alpha value is -2.37. The van der Waals surface area contributed by atoms with Crippen molar-refractivity contribution >= 4 is 59.7 Å². The van der Waals surface area contributed by atoms with Crippen LogP contribution in [0.15, 0.2) is 49.8 Å². The van der Waals surface area contributed by atoms with E-state index in [0.717, 1.165) is 75.5 Å². The Kier molecular flexibility index (Phi) is 15.8. The Labute approximate surface area is 306 Å². The Balaban J connectivity index is 1.56. The molecule has 0 amide bonds. The van der Waals surface area contributed by atoms with Gasteiger partial charge in [0.1, 0.15) is 18.0 Å². The van der Waals surface area contributed by atoms with Crippen LogP contribution in [0.4, 0.5) is 0 Å². The zero-order valence-corrected chi connectivity index (χ0v) is 32.2. The molecule has 0 unspecified atom stereocenters. The number of nitrogens with zero attached hydrogens (tertiary/aromatic N) is 6. The molecule has 0 saturated carbocycles. The Morgan fingerprint density at radius 1 is 0.562 bits per heavy atom. The van der Waals surface area contributed by atoms with Crippen molar-refractivity contribution in [2.24, 2.45) is 0 Å². The van der Waals surface area contributed by atoms with Gasteiger partial charge in [0.25, 0.3) is 0 Å². The number of hydrogen-bond acceptors (Lipinski definition) is 12. The lowest BCUT2D eigenvalue weighted by atomic mass is 10.2. The molecule has 3 aromatic heterocycles. The van der Waals surface area contributed by atoms with Gasteiger partial charge < -0.3 is 9.47 Å². The fourth-order valence-corrected chi connectivity index (χ4v) is 6.67. The van der Waals surface area contributed by atoms with Crippen LogP contribution in [0.25, 0.3) is 0 Å². The van der Waals surface area contributed by atoms with Gasteiger partial charge in [0.05, 0.1) is 42.6 Å². The molecule has 15 heteroatoms. The fraction of sp³-hybridized carbons (Fsp3) is 0.485. The number of pyridine rings is 3. The summed E-state index contributed by atoms with van der Waals surface area (Å²) in [7, 11) is 0. The second-order valence-electron chi connectivity index (χ2n) is 11.0. The van der Waals surface area contributed by atoms with Crippen LogP contribution in [0.5, 0.6) is 0 Å². The number of esters is 2. The number of hydrogen-bond donors (Lipinski definition) is 0. The van der Waals surface area contributed by atoms with Gasteiger partial charge in [-0.2, -0.15) is 0 Å². The highest BCUT2D eigenvalue weighted by atomic mass is 79.9. The third kappa shape index (κ3) is 12.5. The van der Waals surface area contributed by atoms with Crippen molar-refractivity contribution in [1.29, 1.82) is 0 Å². The molecule has 48 heavy (non-hydrogen) atoms. The summed E-state index contributed by atoms with van der Waals surface area (Å²) >= 11 is 10.7. The van der Waals surface area contributed by atoms with E-state index in [-0.39, 0.29) is 31.2 Å². The van der Waals surface area contributed by atoms with Gasteiger partial charge >= 0.3 is 11.9 Å². The van der Waals surface area contributed by atoms with Crippen molar-refractivity contribution in [3.05, 3.63) is 84.0 Å². The SMILES string of the molecule is CCOOCc1cc(Br)cc(CN2CCN(Cc3cc(Br)cc(C(=O)OCC)n3)CCN(Cc3cc(Br)cc(C(=O)OCC)n3)CC2)n1. The molecule has 12 nitrogen and oxygen atoms in total. The number of aromatic nitrogens is 3. The highest BCUT2D eigenvalue weighted by molar-refractivity contribution is 9.11. The molecule has 4 heterocycles. The van der Waals surface area contributed by atoms with Gasteiger partial charge in [0.2, 0.25) is 0 Å². The molecule has 1 fully saturated rings. The average Bonchev–Trinajstić information content (AvgIpc) is 3.12. The zero-order valence-electron chi connectivity index (χ0n) is 27.4. The van der Waals surface area contributed by atoms with E-state index in [1.165, 1.54) is 0 Å². The van der Waals surface area contributed by atoms with E-state index in [4.69, 9.17) is 24.2 Å². The first kappa shape index (κ1) is 38.4. The monoisotopic (exact) mass is 854 g/mol. The van der Waals surface area contributed by atoms with Crippen LogP contribution in [-0.4, -0.2) is 101 Å². The number of ether oxygens (including phenoxy) is 2. The fourth-order valence-electron chi connectivity index (χ4n) is 5.18.